The number of hydrogen-bond donors (Lipinski definition) is 0. The van der Waals surface area contributed by atoms with Crippen molar-refractivity contribution in [2.75, 3.05) is 26.3 Å². The van der Waals surface area contributed by atoms with Gasteiger partial charge in [-0.25, -0.2) is 4.98 Å². The van der Waals surface area contributed by atoms with Crippen LogP contribution in [0.1, 0.15) is 41.1 Å². The number of allylic oxidation sites excluding steroid dienone is 4. The van der Waals surface area contributed by atoms with Gasteiger partial charge >= 0.3 is 0 Å². The topological polar surface area (TPSA) is 43.2 Å². The first-order valence-electron chi connectivity index (χ1n) is 11.3. The molecular formula is C26H29ClN4O. The molecule has 3 heterocycles. The van der Waals surface area contributed by atoms with E-state index in [1.54, 1.807) is 0 Å². The highest BCUT2D eigenvalue weighted by Gasteiger charge is 2.24. The van der Waals surface area contributed by atoms with Gasteiger partial charge in [-0.15, -0.1) is 0 Å². The third-order valence-electron chi connectivity index (χ3n) is 6.75. The number of halogens is 1. The number of aromatic nitrogens is 3. The Morgan fingerprint density at radius 1 is 1.12 bits per heavy atom. The Morgan fingerprint density at radius 2 is 1.97 bits per heavy atom. The van der Waals surface area contributed by atoms with Gasteiger partial charge in [-0.2, -0.15) is 0 Å². The molecule has 1 saturated heterocycles. The van der Waals surface area contributed by atoms with Crippen LogP contribution in [0.2, 0.25) is 0 Å². The molecule has 0 amide bonds. The Balaban J connectivity index is 1.56. The smallest absolute Gasteiger partial charge is 0.0945 e. The first-order valence-corrected chi connectivity index (χ1v) is 11.7. The Morgan fingerprint density at radius 3 is 2.69 bits per heavy atom. The maximum Gasteiger partial charge on any atom is 0.0945 e. The zero-order valence-electron chi connectivity index (χ0n) is 18.7. The SMILES string of the molecule is Cc1c(CN2CCOCC2)cnc2ccc(C(C3=CC=C(Cl)CC3)c3cncn3C)cc12. The zero-order chi connectivity index (χ0) is 22.1. The number of fused-ring (bicyclic) bond motifs is 1. The summed E-state index contributed by atoms with van der Waals surface area (Å²) in [5.41, 5.74) is 7.48. The minimum atomic E-state index is 0.148. The first kappa shape index (κ1) is 21.4. The van der Waals surface area contributed by atoms with Crippen molar-refractivity contribution in [3.8, 4) is 0 Å². The molecule has 6 heteroatoms. The molecule has 1 aliphatic heterocycles. The predicted octanol–water partition coefficient (Wildman–Crippen LogP) is 5.08. The van der Waals surface area contributed by atoms with Gasteiger partial charge in [-0.1, -0.05) is 29.3 Å². The largest absolute Gasteiger partial charge is 0.379 e. The van der Waals surface area contributed by atoms with Crippen LogP contribution in [-0.2, 0) is 18.3 Å². The lowest BCUT2D eigenvalue weighted by atomic mass is 9.83. The summed E-state index contributed by atoms with van der Waals surface area (Å²) in [6.45, 7) is 6.72. The molecule has 1 atom stereocenters. The molecule has 0 saturated carbocycles. The number of hydrogen-bond acceptors (Lipinski definition) is 4. The lowest BCUT2D eigenvalue weighted by Crippen LogP contribution is -2.35. The lowest BCUT2D eigenvalue weighted by Gasteiger charge is -2.27. The summed E-state index contributed by atoms with van der Waals surface area (Å²) in [4.78, 5) is 11.6. The quantitative estimate of drug-likeness (QED) is 0.545. The molecule has 1 unspecified atom stereocenters. The van der Waals surface area contributed by atoms with E-state index in [2.05, 4.69) is 52.7 Å². The van der Waals surface area contributed by atoms with E-state index in [1.165, 1.54) is 33.3 Å². The van der Waals surface area contributed by atoms with Gasteiger partial charge in [0.1, 0.15) is 0 Å². The Bertz CT molecular complexity index is 1190. The average molecular weight is 449 g/mol. The third-order valence-corrected chi connectivity index (χ3v) is 7.06. The average Bonchev–Trinajstić information content (AvgIpc) is 3.23. The van der Waals surface area contributed by atoms with Crippen molar-refractivity contribution in [3.05, 3.63) is 82.1 Å². The zero-order valence-corrected chi connectivity index (χ0v) is 19.5. The van der Waals surface area contributed by atoms with Gasteiger partial charge in [-0.05, 0) is 54.7 Å². The van der Waals surface area contributed by atoms with Crippen LogP contribution in [0.25, 0.3) is 10.9 Å². The molecule has 0 spiro atoms. The van der Waals surface area contributed by atoms with Gasteiger partial charge in [0, 0.05) is 61.1 Å². The lowest BCUT2D eigenvalue weighted by molar-refractivity contribution is 0.0341. The van der Waals surface area contributed by atoms with Crippen molar-refractivity contribution >= 4 is 22.5 Å². The molecule has 2 aromatic heterocycles. The summed E-state index contributed by atoms with van der Waals surface area (Å²) in [6, 6.07) is 6.71. The molecule has 1 fully saturated rings. The number of pyridine rings is 1. The van der Waals surface area contributed by atoms with Gasteiger partial charge in [0.15, 0.2) is 0 Å². The van der Waals surface area contributed by atoms with Gasteiger partial charge in [0.2, 0.25) is 0 Å². The molecule has 32 heavy (non-hydrogen) atoms. The Labute approximate surface area is 194 Å². The molecule has 5 rings (SSSR count). The summed E-state index contributed by atoms with van der Waals surface area (Å²) in [5, 5.41) is 2.15. The monoisotopic (exact) mass is 448 g/mol. The van der Waals surface area contributed by atoms with Crippen LogP contribution < -0.4 is 0 Å². The molecule has 2 aliphatic rings. The molecule has 1 aliphatic carbocycles. The molecule has 5 nitrogen and oxygen atoms in total. The van der Waals surface area contributed by atoms with Crippen molar-refractivity contribution in [2.24, 2.45) is 7.05 Å². The highest BCUT2D eigenvalue weighted by molar-refractivity contribution is 6.29. The standard InChI is InChI=1S/C26H29ClN4O/c1-18-21(16-31-9-11-32-12-10-31)14-29-24-8-5-20(13-23(18)24)26(25-15-28-17-30(25)2)19-3-6-22(27)7-4-19/h3,5-6,8,13-15,17,26H,4,7,9-12,16H2,1-2H3. The number of ether oxygens (including phenoxy) is 1. The highest BCUT2D eigenvalue weighted by atomic mass is 35.5. The van der Waals surface area contributed by atoms with Crippen LogP contribution in [0.5, 0.6) is 0 Å². The van der Waals surface area contributed by atoms with E-state index in [-0.39, 0.29) is 5.92 Å². The fraction of sp³-hybridized carbons (Fsp3) is 0.385. The van der Waals surface area contributed by atoms with E-state index in [1.807, 2.05) is 24.8 Å². The van der Waals surface area contributed by atoms with Gasteiger partial charge < -0.3 is 9.30 Å². The van der Waals surface area contributed by atoms with Crippen LogP contribution in [-0.4, -0.2) is 45.7 Å². The van der Waals surface area contributed by atoms with Crippen LogP contribution >= 0.6 is 11.6 Å². The van der Waals surface area contributed by atoms with E-state index in [9.17, 15) is 0 Å². The van der Waals surface area contributed by atoms with Crippen LogP contribution in [0.15, 0.2) is 59.7 Å². The number of aryl methyl sites for hydroxylation is 2. The van der Waals surface area contributed by atoms with Crippen molar-refractivity contribution in [3.63, 3.8) is 0 Å². The summed E-state index contributed by atoms with van der Waals surface area (Å²) in [6.07, 6.45) is 12.0. The van der Waals surface area contributed by atoms with Crippen molar-refractivity contribution in [2.45, 2.75) is 32.2 Å². The molecular weight excluding hydrogens is 420 g/mol. The Kier molecular flexibility index (Phi) is 6.13. The fourth-order valence-electron chi connectivity index (χ4n) is 4.81. The van der Waals surface area contributed by atoms with E-state index in [0.717, 1.165) is 56.2 Å². The van der Waals surface area contributed by atoms with Gasteiger partial charge in [-0.3, -0.25) is 9.88 Å². The number of morpholine rings is 1. The fourth-order valence-corrected chi connectivity index (χ4v) is 4.97. The molecule has 3 aromatic rings. The number of nitrogens with zero attached hydrogens (tertiary/aromatic N) is 4. The van der Waals surface area contributed by atoms with Crippen LogP contribution in [0, 0.1) is 6.92 Å². The minimum Gasteiger partial charge on any atom is -0.379 e. The maximum absolute atomic E-state index is 6.26. The minimum absolute atomic E-state index is 0.148. The number of rotatable bonds is 5. The van der Waals surface area contributed by atoms with Crippen LogP contribution in [0.4, 0.5) is 0 Å². The Hall–Kier alpha value is -2.47. The van der Waals surface area contributed by atoms with E-state index < -0.39 is 0 Å². The summed E-state index contributed by atoms with van der Waals surface area (Å²) in [7, 11) is 2.07. The second kappa shape index (κ2) is 9.18. The predicted molar refractivity (Wildman–Crippen MR) is 129 cm³/mol. The third kappa shape index (κ3) is 4.25. The first-order chi connectivity index (χ1) is 15.6. The summed E-state index contributed by atoms with van der Waals surface area (Å²) < 4.78 is 7.63. The van der Waals surface area contributed by atoms with Gasteiger partial charge in [0.25, 0.3) is 0 Å². The second-order valence-electron chi connectivity index (χ2n) is 8.79. The molecule has 166 valence electrons. The molecule has 0 radical (unpaired) electrons. The van der Waals surface area contributed by atoms with Crippen molar-refractivity contribution in [1.29, 1.82) is 0 Å². The second-order valence-corrected chi connectivity index (χ2v) is 9.28. The highest BCUT2D eigenvalue weighted by Crippen LogP contribution is 2.38. The summed E-state index contributed by atoms with van der Waals surface area (Å²) >= 11 is 6.26. The van der Waals surface area contributed by atoms with Gasteiger partial charge in [0.05, 0.1) is 25.1 Å². The molecule has 0 N–H and O–H groups in total. The number of imidazole rings is 1. The van der Waals surface area contributed by atoms with E-state index >= 15 is 0 Å². The van der Waals surface area contributed by atoms with E-state index in [4.69, 9.17) is 21.3 Å². The molecule has 1 aromatic carbocycles. The maximum atomic E-state index is 6.26. The van der Waals surface area contributed by atoms with Crippen molar-refractivity contribution in [1.82, 2.24) is 19.4 Å². The van der Waals surface area contributed by atoms with Crippen molar-refractivity contribution < 1.29 is 4.74 Å². The van der Waals surface area contributed by atoms with Crippen LogP contribution in [0.3, 0.4) is 0 Å². The molecule has 0 bridgehead atoms. The van der Waals surface area contributed by atoms with E-state index in [0.29, 0.717) is 0 Å². The normalized spacial score (nSPS) is 18.5. The number of benzene rings is 1. The summed E-state index contributed by atoms with van der Waals surface area (Å²) in [5.74, 6) is 0.148.